The van der Waals surface area contributed by atoms with Gasteiger partial charge in [0.15, 0.2) is 0 Å². The van der Waals surface area contributed by atoms with E-state index in [1.807, 2.05) is 30.3 Å². The molecule has 2 heterocycles. The van der Waals surface area contributed by atoms with Crippen molar-refractivity contribution in [2.75, 3.05) is 0 Å². The van der Waals surface area contributed by atoms with E-state index in [0.717, 1.165) is 11.0 Å². The van der Waals surface area contributed by atoms with Crippen molar-refractivity contribution in [3.63, 3.8) is 0 Å². The second-order valence-electron chi connectivity index (χ2n) is 4.13. The molecule has 0 amide bonds. The Morgan fingerprint density at radius 2 is 2.16 bits per heavy atom. The molecule has 0 aliphatic rings. The van der Waals surface area contributed by atoms with E-state index in [4.69, 9.17) is 9.68 Å². The summed E-state index contributed by atoms with van der Waals surface area (Å²) in [6, 6.07) is 10.8. The first-order chi connectivity index (χ1) is 9.20. The van der Waals surface area contributed by atoms with Gasteiger partial charge in [-0.2, -0.15) is 10.4 Å². The van der Waals surface area contributed by atoms with E-state index in [0.29, 0.717) is 11.3 Å². The van der Waals surface area contributed by atoms with Gasteiger partial charge in [0, 0.05) is 24.1 Å². The molecule has 0 saturated carbocycles. The number of hydrogen-bond acceptors (Lipinski definition) is 4. The molecule has 0 spiro atoms. The molecule has 0 bridgehead atoms. The molecule has 2 aromatic heterocycles. The molecule has 1 aromatic carbocycles. The number of aryl methyl sites for hydroxylation is 1. The quantitative estimate of drug-likeness (QED) is 0.663. The van der Waals surface area contributed by atoms with Gasteiger partial charge in [0.1, 0.15) is 23.6 Å². The second kappa shape index (κ2) is 4.10. The van der Waals surface area contributed by atoms with Crippen LogP contribution in [0.25, 0.3) is 22.2 Å². The fraction of sp³-hybridized carbons (Fsp3) is 0.0714. The minimum atomic E-state index is -0.312. The van der Waals surface area contributed by atoms with Crippen molar-refractivity contribution in [2.45, 2.75) is 0 Å². The number of hydrogen-bond donors (Lipinski definition) is 0. The normalized spacial score (nSPS) is 10.5. The zero-order chi connectivity index (χ0) is 13.4. The van der Waals surface area contributed by atoms with Crippen molar-refractivity contribution in [3.05, 3.63) is 52.5 Å². The number of para-hydroxylation sites is 1. The molecular formula is C14H9N3O2. The number of fused-ring (bicyclic) bond motifs is 1. The highest BCUT2D eigenvalue weighted by atomic mass is 16.3. The smallest absolute Gasteiger partial charge is 0.267 e. The van der Waals surface area contributed by atoms with E-state index in [1.54, 1.807) is 13.3 Å². The van der Waals surface area contributed by atoms with Crippen LogP contribution >= 0.6 is 0 Å². The van der Waals surface area contributed by atoms with E-state index < -0.39 is 0 Å². The lowest BCUT2D eigenvalue weighted by Gasteiger charge is -2.03. The highest BCUT2D eigenvalue weighted by molar-refractivity contribution is 5.93. The summed E-state index contributed by atoms with van der Waals surface area (Å²) >= 11 is 0. The maximum absolute atomic E-state index is 11.5. The van der Waals surface area contributed by atoms with Gasteiger partial charge >= 0.3 is 0 Å². The van der Waals surface area contributed by atoms with Gasteiger partial charge in [-0.25, -0.2) is 4.68 Å². The molecule has 3 rings (SSSR count). The Kier molecular flexibility index (Phi) is 2.43. The summed E-state index contributed by atoms with van der Waals surface area (Å²) in [4.78, 5) is 11.5. The van der Waals surface area contributed by atoms with Crippen molar-refractivity contribution in [1.29, 1.82) is 5.26 Å². The highest BCUT2D eigenvalue weighted by Gasteiger charge is 2.14. The van der Waals surface area contributed by atoms with Gasteiger partial charge in [-0.3, -0.25) is 4.79 Å². The predicted octanol–water partition coefficient (Wildman–Crippen LogP) is 2.07. The fourth-order valence-corrected chi connectivity index (χ4v) is 1.98. The lowest BCUT2D eigenvalue weighted by molar-refractivity contribution is 0.616. The molecule has 0 aliphatic carbocycles. The first-order valence-corrected chi connectivity index (χ1v) is 5.66. The van der Waals surface area contributed by atoms with E-state index in [2.05, 4.69) is 5.10 Å². The molecule has 3 aromatic rings. The fourth-order valence-electron chi connectivity index (χ4n) is 1.98. The second-order valence-corrected chi connectivity index (χ2v) is 4.13. The van der Waals surface area contributed by atoms with Crippen molar-refractivity contribution in [1.82, 2.24) is 9.78 Å². The highest BCUT2D eigenvalue weighted by Crippen LogP contribution is 2.30. The Morgan fingerprint density at radius 1 is 1.37 bits per heavy atom. The Balaban J connectivity index is 2.36. The molecule has 19 heavy (non-hydrogen) atoms. The maximum Gasteiger partial charge on any atom is 0.267 e. The van der Waals surface area contributed by atoms with Gasteiger partial charge in [0.2, 0.25) is 0 Å². The lowest BCUT2D eigenvalue weighted by atomic mass is 10.1. The Labute approximate surface area is 108 Å². The van der Waals surface area contributed by atoms with Crippen molar-refractivity contribution >= 4 is 11.0 Å². The monoisotopic (exact) mass is 251 g/mol. The van der Waals surface area contributed by atoms with Crippen molar-refractivity contribution in [2.24, 2.45) is 7.05 Å². The van der Waals surface area contributed by atoms with E-state index in [-0.39, 0.29) is 11.1 Å². The van der Waals surface area contributed by atoms with Crippen LogP contribution in [0, 0.1) is 11.3 Å². The Hall–Kier alpha value is -2.87. The Morgan fingerprint density at radius 3 is 2.95 bits per heavy atom. The molecule has 0 fully saturated rings. The average molecular weight is 251 g/mol. The summed E-state index contributed by atoms with van der Waals surface area (Å²) in [5, 5.41) is 14.2. The molecule has 0 unspecified atom stereocenters. The molecule has 5 nitrogen and oxygen atoms in total. The molecule has 5 heteroatoms. The van der Waals surface area contributed by atoms with E-state index >= 15 is 0 Å². The first-order valence-electron chi connectivity index (χ1n) is 5.66. The number of benzene rings is 1. The summed E-state index contributed by atoms with van der Waals surface area (Å²) in [6.07, 6.45) is 1.55. The molecule has 0 atom stereocenters. The van der Waals surface area contributed by atoms with Crippen molar-refractivity contribution in [3.8, 4) is 17.3 Å². The molecule has 0 saturated heterocycles. The van der Waals surface area contributed by atoms with Crippen LogP contribution in [0.3, 0.4) is 0 Å². The standard InChI is InChI=1S/C14H9N3O2/c1-17-13(18)6-9(7-15)14(16-17)11-8-19-12-5-3-2-4-10(11)12/h2-6,8H,1H3. The van der Waals surface area contributed by atoms with Crippen LogP contribution < -0.4 is 5.56 Å². The summed E-state index contributed by atoms with van der Waals surface area (Å²) in [5.41, 5.74) is 1.82. The van der Waals surface area contributed by atoms with Gasteiger partial charge in [0.05, 0.1) is 5.56 Å². The summed E-state index contributed by atoms with van der Waals surface area (Å²) < 4.78 is 6.64. The van der Waals surface area contributed by atoms with Gasteiger partial charge in [-0.1, -0.05) is 18.2 Å². The summed E-state index contributed by atoms with van der Waals surface area (Å²) in [5.74, 6) is 0. The van der Waals surface area contributed by atoms with Crippen LogP contribution in [0.15, 0.2) is 45.8 Å². The third-order valence-electron chi connectivity index (χ3n) is 2.95. The number of nitrogens with zero attached hydrogens (tertiary/aromatic N) is 3. The zero-order valence-electron chi connectivity index (χ0n) is 10.1. The third kappa shape index (κ3) is 1.70. The maximum atomic E-state index is 11.5. The molecule has 0 radical (unpaired) electrons. The van der Waals surface area contributed by atoms with Gasteiger partial charge in [-0.05, 0) is 6.07 Å². The van der Waals surface area contributed by atoms with Crippen LogP contribution in [0.2, 0.25) is 0 Å². The van der Waals surface area contributed by atoms with Gasteiger partial charge in [-0.15, -0.1) is 0 Å². The van der Waals surface area contributed by atoms with E-state index in [9.17, 15) is 4.79 Å². The summed E-state index contributed by atoms with van der Waals surface area (Å²) in [7, 11) is 1.55. The Bertz CT molecular complexity index is 868. The average Bonchev–Trinajstić information content (AvgIpc) is 2.85. The third-order valence-corrected chi connectivity index (χ3v) is 2.95. The van der Waals surface area contributed by atoms with Crippen LogP contribution in [0.5, 0.6) is 0 Å². The molecule has 0 aliphatic heterocycles. The summed E-state index contributed by atoms with van der Waals surface area (Å²) in [6.45, 7) is 0. The van der Waals surface area contributed by atoms with Gasteiger partial charge < -0.3 is 4.42 Å². The zero-order valence-corrected chi connectivity index (χ0v) is 10.1. The number of nitriles is 1. The van der Waals surface area contributed by atoms with Crippen molar-refractivity contribution < 1.29 is 4.42 Å². The topological polar surface area (TPSA) is 71.8 Å². The van der Waals surface area contributed by atoms with Crippen LogP contribution in [-0.4, -0.2) is 9.78 Å². The number of furan rings is 1. The number of rotatable bonds is 1. The minimum absolute atomic E-state index is 0.245. The van der Waals surface area contributed by atoms with E-state index in [1.165, 1.54) is 10.7 Å². The molecular weight excluding hydrogens is 242 g/mol. The predicted molar refractivity (Wildman–Crippen MR) is 69.4 cm³/mol. The van der Waals surface area contributed by atoms with Gasteiger partial charge in [0.25, 0.3) is 5.56 Å². The van der Waals surface area contributed by atoms with Crippen LogP contribution in [0.1, 0.15) is 5.56 Å². The minimum Gasteiger partial charge on any atom is -0.464 e. The van der Waals surface area contributed by atoms with Crippen LogP contribution in [0.4, 0.5) is 0 Å². The molecule has 92 valence electrons. The first kappa shape index (κ1) is 11.2. The molecule has 0 N–H and O–H groups in total. The lowest BCUT2D eigenvalue weighted by Crippen LogP contribution is -2.19. The largest absolute Gasteiger partial charge is 0.464 e. The van der Waals surface area contributed by atoms with Crippen LogP contribution in [-0.2, 0) is 7.05 Å². The SMILES string of the molecule is Cn1nc(-c2coc3ccccc23)c(C#N)cc1=O. The number of aromatic nitrogens is 2.